The third-order valence-electron chi connectivity index (χ3n) is 4.87. The average molecular weight is 306 g/mol. The van der Waals surface area contributed by atoms with E-state index in [0.29, 0.717) is 13.1 Å². The second-order valence-electron chi connectivity index (χ2n) is 6.31. The molecule has 0 aliphatic carbocycles. The lowest BCUT2D eigenvalue weighted by atomic mass is 9.87. The fourth-order valence-corrected chi connectivity index (χ4v) is 3.48. The van der Waals surface area contributed by atoms with Crippen molar-refractivity contribution in [1.29, 1.82) is 0 Å². The molecule has 0 aromatic heterocycles. The molecule has 2 N–H and O–H groups in total. The molecule has 5 heteroatoms. The van der Waals surface area contributed by atoms with Crippen molar-refractivity contribution in [1.82, 2.24) is 10.2 Å². The largest absolute Gasteiger partial charge is 0.388 e. The van der Waals surface area contributed by atoms with Gasteiger partial charge in [0.1, 0.15) is 5.82 Å². The third kappa shape index (κ3) is 3.31. The Kier molecular flexibility index (Phi) is 4.74. The molecule has 1 aromatic carbocycles. The zero-order valence-corrected chi connectivity index (χ0v) is 12.7. The molecule has 2 aliphatic rings. The molecule has 0 radical (unpaired) electrons. The summed E-state index contributed by atoms with van der Waals surface area (Å²) in [7, 11) is 0. The minimum atomic E-state index is -0.581. The highest BCUT2D eigenvalue weighted by Crippen LogP contribution is 2.31. The lowest BCUT2D eigenvalue weighted by Gasteiger charge is -2.35. The minimum Gasteiger partial charge on any atom is -0.388 e. The van der Waals surface area contributed by atoms with Crippen LogP contribution >= 0.6 is 0 Å². The fourth-order valence-electron chi connectivity index (χ4n) is 3.48. The Balaban J connectivity index is 1.54. The van der Waals surface area contributed by atoms with E-state index in [4.69, 9.17) is 0 Å². The van der Waals surface area contributed by atoms with Crippen LogP contribution in [0.4, 0.5) is 4.39 Å². The number of benzene rings is 1. The van der Waals surface area contributed by atoms with E-state index in [0.717, 1.165) is 37.8 Å². The normalized spacial score (nSPS) is 24.5. The molecule has 120 valence electrons. The molecule has 2 saturated heterocycles. The lowest BCUT2D eigenvalue weighted by molar-refractivity contribution is -0.135. The van der Waals surface area contributed by atoms with E-state index in [1.54, 1.807) is 12.1 Å². The number of piperidine rings is 1. The van der Waals surface area contributed by atoms with Gasteiger partial charge in [-0.25, -0.2) is 4.39 Å². The van der Waals surface area contributed by atoms with Gasteiger partial charge in [-0.1, -0.05) is 12.1 Å². The van der Waals surface area contributed by atoms with Gasteiger partial charge in [-0.3, -0.25) is 4.79 Å². The van der Waals surface area contributed by atoms with Crippen molar-refractivity contribution in [2.75, 3.05) is 19.6 Å². The van der Waals surface area contributed by atoms with Crippen LogP contribution in [0.15, 0.2) is 24.3 Å². The summed E-state index contributed by atoms with van der Waals surface area (Å²) in [4.78, 5) is 14.3. The number of nitrogens with one attached hydrogen (secondary N) is 1. The maximum absolute atomic E-state index is 12.9. The monoisotopic (exact) mass is 306 g/mol. The predicted octanol–water partition coefficient (Wildman–Crippen LogP) is 1.85. The number of carbonyl (C=O) groups is 1. The van der Waals surface area contributed by atoms with Gasteiger partial charge in [-0.2, -0.15) is 0 Å². The summed E-state index contributed by atoms with van der Waals surface area (Å²) in [6.45, 7) is 2.32. The van der Waals surface area contributed by atoms with Crippen molar-refractivity contribution in [3.8, 4) is 0 Å². The van der Waals surface area contributed by atoms with Crippen LogP contribution in [0.1, 0.15) is 37.4 Å². The SMILES string of the molecule is O=C([C@@H]1CCCN1)N1CCC(C(O)c2ccc(F)cc2)CC1. The summed E-state index contributed by atoms with van der Waals surface area (Å²) in [6, 6.07) is 6.02. The molecule has 2 atom stereocenters. The first-order chi connectivity index (χ1) is 10.6. The van der Waals surface area contributed by atoms with E-state index < -0.39 is 6.10 Å². The van der Waals surface area contributed by atoms with Crippen molar-refractivity contribution >= 4 is 5.91 Å². The first-order valence-electron chi connectivity index (χ1n) is 8.11. The molecule has 2 aliphatic heterocycles. The van der Waals surface area contributed by atoms with E-state index in [9.17, 15) is 14.3 Å². The molecule has 3 rings (SSSR count). The second kappa shape index (κ2) is 6.75. The summed E-state index contributed by atoms with van der Waals surface area (Å²) in [5.41, 5.74) is 0.753. The Labute approximate surface area is 130 Å². The highest BCUT2D eigenvalue weighted by atomic mass is 19.1. The highest BCUT2D eigenvalue weighted by Gasteiger charge is 2.32. The molecule has 1 aromatic rings. The number of halogens is 1. The van der Waals surface area contributed by atoms with Crippen molar-refractivity contribution in [3.63, 3.8) is 0 Å². The number of carbonyl (C=O) groups excluding carboxylic acids is 1. The number of aliphatic hydroxyl groups excluding tert-OH is 1. The van der Waals surface area contributed by atoms with Crippen LogP contribution in [0, 0.1) is 11.7 Å². The van der Waals surface area contributed by atoms with Gasteiger partial charge in [0.15, 0.2) is 0 Å². The van der Waals surface area contributed by atoms with Gasteiger partial charge in [0.2, 0.25) is 5.91 Å². The smallest absolute Gasteiger partial charge is 0.239 e. The van der Waals surface area contributed by atoms with Crippen molar-refractivity contribution < 1.29 is 14.3 Å². The van der Waals surface area contributed by atoms with Gasteiger partial charge >= 0.3 is 0 Å². The fraction of sp³-hybridized carbons (Fsp3) is 0.588. The van der Waals surface area contributed by atoms with Crippen LogP contribution in [-0.4, -0.2) is 41.6 Å². The Hall–Kier alpha value is -1.46. The molecule has 1 amide bonds. The molecule has 2 heterocycles. The minimum absolute atomic E-state index is 0.0152. The maximum Gasteiger partial charge on any atom is 0.239 e. The van der Waals surface area contributed by atoms with Crippen molar-refractivity contribution in [3.05, 3.63) is 35.6 Å². The molecule has 1 unspecified atom stereocenters. The summed E-state index contributed by atoms with van der Waals surface area (Å²) >= 11 is 0. The molecule has 2 fully saturated rings. The number of aliphatic hydroxyl groups is 1. The Morgan fingerprint density at radius 1 is 1.23 bits per heavy atom. The number of hydrogen-bond donors (Lipinski definition) is 2. The second-order valence-corrected chi connectivity index (χ2v) is 6.31. The molecule has 4 nitrogen and oxygen atoms in total. The molecular formula is C17H23FN2O2. The van der Waals surface area contributed by atoms with Crippen molar-refractivity contribution in [2.45, 2.75) is 37.8 Å². The lowest BCUT2D eigenvalue weighted by Crippen LogP contribution is -2.47. The Morgan fingerprint density at radius 3 is 2.50 bits per heavy atom. The van der Waals surface area contributed by atoms with Gasteiger partial charge in [0.05, 0.1) is 12.1 Å². The first kappa shape index (κ1) is 15.4. The predicted molar refractivity (Wildman–Crippen MR) is 81.7 cm³/mol. The van der Waals surface area contributed by atoms with Gasteiger partial charge in [-0.15, -0.1) is 0 Å². The summed E-state index contributed by atoms with van der Waals surface area (Å²) in [5, 5.41) is 13.7. The molecule has 22 heavy (non-hydrogen) atoms. The number of likely N-dealkylation sites (tertiary alicyclic amines) is 1. The summed E-state index contributed by atoms with van der Waals surface area (Å²) in [5.74, 6) is 0.0405. The molecular weight excluding hydrogens is 283 g/mol. The highest BCUT2D eigenvalue weighted by molar-refractivity contribution is 5.82. The van der Waals surface area contributed by atoms with E-state index in [-0.39, 0.29) is 23.7 Å². The van der Waals surface area contributed by atoms with Gasteiger partial charge < -0.3 is 15.3 Å². The quantitative estimate of drug-likeness (QED) is 0.896. The number of nitrogens with zero attached hydrogens (tertiary/aromatic N) is 1. The topological polar surface area (TPSA) is 52.6 Å². The van der Waals surface area contributed by atoms with Crippen LogP contribution in [0.3, 0.4) is 0 Å². The van der Waals surface area contributed by atoms with E-state index in [2.05, 4.69) is 5.32 Å². The van der Waals surface area contributed by atoms with Crippen molar-refractivity contribution in [2.24, 2.45) is 5.92 Å². The Bertz CT molecular complexity index is 506. The van der Waals surface area contributed by atoms with Gasteiger partial charge in [-0.05, 0) is 55.8 Å². The van der Waals surface area contributed by atoms with Gasteiger partial charge in [0, 0.05) is 13.1 Å². The molecule has 0 saturated carbocycles. The molecule has 0 spiro atoms. The zero-order chi connectivity index (χ0) is 15.5. The van der Waals surface area contributed by atoms with Gasteiger partial charge in [0.25, 0.3) is 0 Å². The Morgan fingerprint density at radius 2 is 1.91 bits per heavy atom. The number of hydrogen-bond acceptors (Lipinski definition) is 3. The number of rotatable bonds is 3. The third-order valence-corrected chi connectivity index (χ3v) is 4.87. The summed E-state index contributed by atoms with van der Waals surface area (Å²) in [6.07, 6.45) is 2.99. The van der Waals surface area contributed by atoms with Crippen LogP contribution < -0.4 is 5.32 Å². The van der Waals surface area contributed by atoms with E-state index in [1.165, 1.54) is 12.1 Å². The standard InChI is InChI=1S/C17H23FN2O2/c18-14-5-3-12(4-6-14)16(21)13-7-10-20(11-8-13)17(22)15-2-1-9-19-15/h3-6,13,15-16,19,21H,1-2,7-11H2/t15-,16?/m0/s1. The van der Waals surface area contributed by atoms with Crippen LogP contribution in [-0.2, 0) is 4.79 Å². The first-order valence-corrected chi connectivity index (χ1v) is 8.11. The van der Waals surface area contributed by atoms with E-state index in [1.807, 2.05) is 4.90 Å². The van der Waals surface area contributed by atoms with Crippen LogP contribution in [0.5, 0.6) is 0 Å². The van der Waals surface area contributed by atoms with Crippen LogP contribution in [0.2, 0.25) is 0 Å². The maximum atomic E-state index is 12.9. The zero-order valence-electron chi connectivity index (χ0n) is 12.7. The van der Waals surface area contributed by atoms with Crippen LogP contribution in [0.25, 0.3) is 0 Å². The average Bonchev–Trinajstić information content (AvgIpc) is 3.09. The number of amides is 1. The van der Waals surface area contributed by atoms with E-state index >= 15 is 0 Å². The summed E-state index contributed by atoms with van der Waals surface area (Å²) < 4.78 is 12.9. The molecule has 0 bridgehead atoms.